The van der Waals surface area contributed by atoms with E-state index in [0.717, 1.165) is 29.4 Å². The van der Waals surface area contributed by atoms with Crippen LogP contribution in [0.4, 0.5) is 21.5 Å². The number of hydrazine groups is 1. The zero-order valence-electron chi connectivity index (χ0n) is 30.9. The number of carbonyl (C=O) groups is 4. The molecule has 4 fully saturated rings. The number of allylic oxidation sites excluding steroid dienone is 2. The number of ether oxygens (including phenoxy) is 2. The van der Waals surface area contributed by atoms with E-state index in [-0.39, 0.29) is 37.9 Å². The molecule has 4 aromatic carbocycles. The molecule has 13 heteroatoms. The summed E-state index contributed by atoms with van der Waals surface area (Å²) in [5.74, 6) is -5.70. The van der Waals surface area contributed by atoms with Gasteiger partial charge in [-0.05, 0) is 91.1 Å². The average molecular weight is 791 g/mol. The molecule has 2 aliphatic carbocycles. The first kappa shape index (κ1) is 37.0. The molecule has 0 aromatic heterocycles. The number of aliphatic hydroxyl groups is 1. The highest BCUT2D eigenvalue weighted by atomic mass is 35.5. The van der Waals surface area contributed by atoms with Crippen LogP contribution in [0.5, 0.6) is 5.75 Å². The van der Waals surface area contributed by atoms with Crippen molar-refractivity contribution in [2.75, 3.05) is 54.7 Å². The molecule has 5 aliphatic rings. The summed E-state index contributed by atoms with van der Waals surface area (Å²) in [5.41, 5.74) is 5.08. The average Bonchev–Trinajstić information content (AvgIpc) is 3.62. The minimum absolute atomic E-state index is 0.0221. The third-order valence-electron chi connectivity index (χ3n) is 12.3. The van der Waals surface area contributed by atoms with Crippen LogP contribution in [0.15, 0.2) is 109 Å². The van der Waals surface area contributed by atoms with Crippen molar-refractivity contribution in [2.45, 2.75) is 24.2 Å². The molecule has 0 unspecified atom stereocenters. The minimum atomic E-state index is -1.57. The Kier molecular flexibility index (Phi) is 9.58. The van der Waals surface area contributed by atoms with Gasteiger partial charge in [0.2, 0.25) is 11.8 Å². The van der Waals surface area contributed by atoms with Gasteiger partial charge in [0.1, 0.15) is 18.2 Å². The Morgan fingerprint density at radius 3 is 2.26 bits per heavy atom. The van der Waals surface area contributed by atoms with Crippen molar-refractivity contribution in [3.05, 3.63) is 131 Å². The Balaban J connectivity index is 1.18. The van der Waals surface area contributed by atoms with Crippen LogP contribution < -0.4 is 20.0 Å². The summed E-state index contributed by atoms with van der Waals surface area (Å²) in [5, 5.41) is 11.2. The number of nitrogens with zero attached hydrogens (tertiary/aromatic N) is 3. The van der Waals surface area contributed by atoms with Gasteiger partial charge in [-0.2, -0.15) is 5.01 Å². The Morgan fingerprint density at radius 2 is 1.54 bits per heavy atom. The number of carbonyl (C=O) groups excluding carboxylic acids is 4. The third-order valence-corrected chi connectivity index (χ3v) is 12.6. The van der Waals surface area contributed by atoms with Gasteiger partial charge < -0.3 is 19.5 Å². The number of rotatable bonds is 9. The van der Waals surface area contributed by atoms with Gasteiger partial charge in [-0.3, -0.25) is 29.5 Å². The highest BCUT2D eigenvalue weighted by Gasteiger charge is 2.70. The molecular weight excluding hydrogens is 751 g/mol. The van der Waals surface area contributed by atoms with E-state index in [4.69, 9.17) is 21.1 Å². The SMILES string of the molecule is O=C1[C@@H]2C[C@@H]3C(=CC[C@@H]4C(=O)N(c5ccc(N6CCOCC6)cc5)C(=O)[C@@H]43)[C@H](c3ccccc3OCCO)[C@]2(c2ccc(Cl)cc2)C(=O)N1Nc1ccc(F)cc1. The zero-order chi connectivity index (χ0) is 39.4. The topological polar surface area (TPSA) is 129 Å². The van der Waals surface area contributed by atoms with Gasteiger partial charge in [-0.1, -0.05) is 53.6 Å². The van der Waals surface area contributed by atoms with Crippen molar-refractivity contribution in [1.82, 2.24) is 5.01 Å². The Morgan fingerprint density at radius 1 is 0.842 bits per heavy atom. The molecule has 11 nitrogen and oxygen atoms in total. The van der Waals surface area contributed by atoms with E-state index in [2.05, 4.69) is 10.3 Å². The van der Waals surface area contributed by atoms with Crippen LogP contribution in [-0.4, -0.2) is 73.3 Å². The van der Waals surface area contributed by atoms with Crippen molar-refractivity contribution < 1.29 is 38.1 Å². The minimum Gasteiger partial charge on any atom is -0.491 e. The number of imide groups is 2. The number of morpholine rings is 1. The summed E-state index contributed by atoms with van der Waals surface area (Å²) in [4.78, 5) is 62.9. The molecule has 57 heavy (non-hydrogen) atoms. The summed E-state index contributed by atoms with van der Waals surface area (Å²) in [6.07, 6.45) is 2.33. The van der Waals surface area contributed by atoms with Crippen LogP contribution in [0.3, 0.4) is 0 Å². The highest BCUT2D eigenvalue weighted by Crippen LogP contribution is 2.65. The molecule has 3 aliphatic heterocycles. The van der Waals surface area contributed by atoms with Crippen molar-refractivity contribution in [3.8, 4) is 5.75 Å². The first-order valence-corrected chi connectivity index (χ1v) is 19.6. The van der Waals surface area contributed by atoms with Crippen molar-refractivity contribution in [3.63, 3.8) is 0 Å². The second kappa shape index (κ2) is 14.7. The summed E-state index contributed by atoms with van der Waals surface area (Å²) in [6, 6.07) is 26.9. The fourth-order valence-electron chi connectivity index (χ4n) is 9.89. The van der Waals surface area contributed by atoms with E-state index < -0.39 is 52.6 Å². The van der Waals surface area contributed by atoms with Crippen LogP contribution in [0.25, 0.3) is 0 Å². The maximum Gasteiger partial charge on any atom is 0.260 e. The van der Waals surface area contributed by atoms with Gasteiger partial charge in [-0.25, -0.2) is 4.39 Å². The quantitative estimate of drug-likeness (QED) is 0.158. The lowest BCUT2D eigenvalue weighted by molar-refractivity contribution is -0.138. The predicted molar refractivity (Wildman–Crippen MR) is 210 cm³/mol. The Labute approximate surface area is 333 Å². The maximum absolute atomic E-state index is 15.4. The number of nitrogens with one attached hydrogen (secondary N) is 1. The molecule has 6 atom stereocenters. The number of benzene rings is 4. The van der Waals surface area contributed by atoms with E-state index in [1.165, 1.54) is 29.2 Å². The van der Waals surface area contributed by atoms with Crippen molar-refractivity contribution in [2.24, 2.45) is 23.7 Å². The third kappa shape index (κ3) is 6.00. The fraction of sp³-hybridized carbons (Fsp3) is 0.318. The Hall–Kier alpha value is -5.56. The van der Waals surface area contributed by atoms with Crippen LogP contribution >= 0.6 is 11.6 Å². The second-order valence-corrected chi connectivity index (χ2v) is 15.5. The lowest BCUT2D eigenvalue weighted by Crippen LogP contribution is -2.53. The molecule has 4 amide bonds. The molecular formula is C44H40ClFN4O7. The largest absolute Gasteiger partial charge is 0.491 e. The fourth-order valence-corrected chi connectivity index (χ4v) is 10.0. The van der Waals surface area contributed by atoms with Crippen LogP contribution in [0.1, 0.15) is 29.9 Å². The number of halogens is 2. The smallest absolute Gasteiger partial charge is 0.260 e. The number of amides is 4. The van der Waals surface area contributed by atoms with E-state index >= 15 is 4.79 Å². The zero-order valence-corrected chi connectivity index (χ0v) is 31.6. The van der Waals surface area contributed by atoms with Crippen LogP contribution in [0, 0.1) is 29.5 Å². The number of hydrogen-bond acceptors (Lipinski definition) is 9. The van der Waals surface area contributed by atoms with Gasteiger partial charge in [0.15, 0.2) is 0 Å². The monoisotopic (exact) mass is 790 g/mol. The molecule has 2 N–H and O–H groups in total. The Bertz CT molecular complexity index is 2260. The molecule has 4 aromatic rings. The second-order valence-electron chi connectivity index (χ2n) is 15.1. The lowest BCUT2D eigenvalue weighted by atomic mass is 9.49. The van der Waals surface area contributed by atoms with Gasteiger partial charge in [-0.15, -0.1) is 0 Å². The number of para-hydroxylation sites is 1. The summed E-state index contributed by atoms with van der Waals surface area (Å²) in [6.45, 7) is 2.45. The molecule has 0 bridgehead atoms. The number of aliphatic hydroxyl groups excluding tert-OH is 1. The molecule has 9 rings (SSSR count). The molecule has 3 heterocycles. The predicted octanol–water partition coefficient (Wildman–Crippen LogP) is 5.88. The highest BCUT2D eigenvalue weighted by molar-refractivity contribution is 6.30. The molecule has 292 valence electrons. The summed E-state index contributed by atoms with van der Waals surface area (Å²) >= 11 is 6.41. The van der Waals surface area contributed by atoms with Crippen LogP contribution in [-0.2, 0) is 29.3 Å². The number of anilines is 3. The van der Waals surface area contributed by atoms with Gasteiger partial charge >= 0.3 is 0 Å². The van der Waals surface area contributed by atoms with E-state index in [1.54, 1.807) is 48.5 Å². The molecule has 3 saturated heterocycles. The van der Waals surface area contributed by atoms with Gasteiger partial charge in [0, 0.05) is 35.3 Å². The van der Waals surface area contributed by atoms with E-state index in [0.29, 0.717) is 46.5 Å². The molecule has 0 radical (unpaired) electrons. The van der Waals surface area contributed by atoms with Gasteiger partial charge in [0.05, 0.1) is 54.4 Å². The van der Waals surface area contributed by atoms with Crippen molar-refractivity contribution in [1.29, 1.82) is 0 Å². The number of fused-ring (bicyclic) bond motifs is 4. The first-order valence-electron chi connectivity index (χ1n) is 19.2. The molecule has 0 spiro atoms. The van der Waals surface area contributed by atoms with Crippen molar-refractivity contribution >= 4 is 52.3 Å². The summed E-state index contributed by atoms with van der Waals surface area (Å²) in [7, 11) is 0. The van der Waals surface area contributed by atoms with E-state index in [1.807, 2.05) is 30.3 Å². The number of hydrogen-bond donors (Lipinski definition) is 2. The maximum atomic E-state index is 15.4. The lowest BCUT2D eigenvalue weighted by Gasteiger charge is -2.50. The summed E-state index contributed by atoms with van der Waals surface area (Å²) < 4.78 is 25.6. The molecule has 1 saturated carbocycles. The first-order chi connectivity index (χ1) is 27.7. The normalized spacial score (nSPS) is 26.9. The standard InChI is InChI=1S/C44H40ClFN4O7/c45-27-7-5-26(6-8-27)44-36(41(53)50(43(44)55)47-29-11-9-28(46)10-12-29)25-35-32(39(44)33-3-1-2-4-37(33)57-24-21-51)17-18-34-38(35)42(54)49(40(34)52)31-15-13-30(14-16-31)48-19-22-56-23-20-48/h1-17,34-36,38-39,47,51H,18-25H2/t34-,35+,36-,38-,39+,44+/m0/s1. The van der Waals surface area contributed by atoms with Gasteiger partial charge in [0.25, 0.3) is 11.8 Å². The van der Waals surface area contributed by atoms with Crippen LogP contribution in [0.2, 0.25) is 5.02 Å². The van der Waals surface area contributed by atoms with E-state index in [9.17, 15) is 23.9 Å².